The Hall–Kier alpha value is -3.42. The number of carbonyl (C=O) groups excluding carboxylic acids is 2. The molecule has 1 fully saturated rings. The zero-order valence-corrected chi connectivity index (χ0v) is 16.7. The number of likely N-dealkylation sites (tertiary alicyclic amines) is 1. The van der Waals surface area contributed by atoms with E-state index < -0.39 is 11.7 Å². The average Bonchev–Trinajstić information content (AvgIpc) is 3.30. The predicted molar refractivity (Wildman–Crippen MR) is 109 cm³/mol. The highest BCUT2D eigenvalue weighted by Crippen LogP contribution is 2.24. The summed E-state index contributed by atoms with van der Waals surface area (Å²) in [6, 6.07) is 11.1. The molecule has 8 heteroatoms. The summed E-state index contributed by atoms with van der Waals surface area (Å²) in [5.41, 5.74) is 2.00. The molecule has 1 unspecified atom stereocenters. The van der Waals surface area contributed by atoms with Crippen LogP contribution < -0.4 is 9.64 Å². The highest BCUT2D eigenvalue weighted by molar-refractivity contribution is 6.45. The Balaban J connectivity index is 1.44. The van der Waals surface area contributed by atoms with Gasteiger partial charge in [0.05, 0.1) is 12.1 Å². The number of para-hydroxylation sites is 1. The summed E-state index contributed by atoms with van der Waals surface area (Å²) in [7, 11) is 3.77. The quantitative estimate of drug-likeness (QED) is 0.528. The molecule has 1 atom stereocenters. The number of anilines is 1. The number of ether oxygens (including phenoxy) is 1. The molecular weight excluding hydrogens is 370 g/mol. The highest BCUT2D eigenvalue weighted by atomic mass is 16.5. The van der Waals surface area contributed by atoms with Crippen molar-refractivity contribution in [2.75, 3.05) is 32.1 Å². The van der Waals surface area contributed by atoms with Crippen LogP contribution in [0.4, 0.5) is 5.82 Å². The number of hydrogen-bond donors (Lipinski definition) is 1. The molecular formula is C21H23N5O3. The van der Waals surface area contributed by atoms with Crippen LogP contribution in [0.15, 0.2) is 36.4 Å². The van der Waals surface area contributed by atoms with Crippen molar-refractivity contribution in [2.45, 2.75) is 19.4 Å². The lowest BCUT2D eigenvalue weighted by Gasteiger charge is -2.16. The Kier molecular flexibility index (Phi) is 4.92. The molecule has 1 aliphatic heterocycles. The first-order chi connectivity index (χ1) is 13.9. The van der Waals surface area contributed by atoms with E-state index in [1.54, 1.807) is 11.0 Å². The Morgan fingerprint density at radius 3 is 2.69 bits per heavy atom. The first kappa shape index (κ1) is 18.9. The summed E-state index contributed by atoms with van der Waals surface area (Å²) < 4.78 is 5.85. The molecule has 1 saturated heterocycles. The fourth-order valence-electron chi connectivity index (χ4n) is 3.61. The van der Waals surface area contributed by atoms with Crippen LogP contribution in [0.3, 0.4) is 0 Å². The van der Waals surface area contributed by atoms with Gasteiger partial charge in [0.15, 0.2) is 5.82 Å². The minimum Gasteiger partial charge on any atom is -0.471 e. The number of benzene rings is 1. The predicted octanol–water partition coefficient (Wildman–Crippen LogP) is 2.19. The minimum absolute atomic E-state index is 0.213. The van der Waals surface area contributed by atoms with Gasteiger partial charge in [-0.2, -0.15) is 0 Å². The number of amides is 1. The fraction of sp³-hybridized carbons (Fsp3) is 0.333. The summed E-state index contributed by atoms with van der Waals surface area (Å²) in [4.78, 5) is 32.3. The number of fused-ring (bicyclic) bond motifs is 1. The second-order valence-electron chi connectivity index (χ2n) is 7.40. The number of ketones is 1. The summed E-state index contributed by atoms with van der Waals surface area (Å²) >= 11 is 0. The molecule has 2 aromatic heterocycles. The van der Waals surface area contributed by atoms with E-state index in [2.05, 4.69) is 15.2 Å². The van der Waals surface area contributed by atoms with Crippen LogP contribution in [0, 0.1) is 6.92 Å². The Morgan fingerprint density at radius 2 is 1.97 bits per heavy atom. The number of nitrogens with one attached hydrogen (secondary N) is 1. The first-order valence-electron chi connectivity index (χ1n) is 9.52. The Labute approximate surface area is 168 Å². The topological polar surface area (TPSA) is 91.4 Å². The molecule has 0 spiro atoms. The molecule has 1 amide bonds. The van der Waals surface area contributed by atoms with Crippen LogP contribution in [0.1, 0.15) is 22.5 Å². The van der Waals surface area contributed by atoms with Gasteiger partial charge in [-0.3, -0.25) is 9.59 Å². The third-order valence-electron chi connectivity index (χ3n) is 5.12. The zero-order chi connectivity index (χ0) is 20.5. The number of aryl methyl sites for hydroxylation is 1. The maximum atomic E-state index is 12.9. The van der Waals surface area contributed by atoms with Crippen LogP contribution in [0.2, 0.25) is 0 Å². The van der Waals surface area contributed by atoms with Crippen LogP contribution in [0.5, 0.6) is 5.88 Å². The molecule has 1 N–H and O–H groups in total. The van der Waals surface area contributed by atoms with Gasteiger partial charge in [0.2, 0.25) is 5.88 Å². The average molecular weight is 393 g/mol. The molecule has 4 rings (SSSR count). The minimum atomic E-state index is -0.502. The molecule has 0 bridgehead atoms. The standard InChI is InChI=1S/C21H23N5O3/c1-13-19(15-6-4-5-7-16(15)22-13)20(27)21(28)26-11-10-14(12-26)29-18-9-8-17(23-24-18)25(2)3/h4-9,14,22H,10-12H2,1-3H3. The van der Waals surface area contributed by atoms with Crippen molar-refractivity contribution >= 4 is 28.4 Å². The van der Waals surface area contributed by atoms with Gasteiger partial charge in [0, 0.05) is 49.7 Å². The highest BCUT2D eigenvalue weighted by Gasteiger charge is 2.33. The van der Waals surface area contributed by atoms with E-state index in [0.29, 0.717) is 36.6 Å². The maximum Gasteiger partial charge on any atom is 0.295 e. The molecule has 3 aromatic rings. The van der Waals surface area contributed by atoms with Gasteiger partial charge in [-0.05, 0) is 19.1 Å². The SMILES string of the molecule is Cc1[nH]c2ccccc2c1C(=O)C(=O)N1CCC(Oc2ccc(N(C)C)nn2)C1. The van der Waals surface area contributed by atoms with Crippen molar-refractivity contribution in [3.8, 4) is 5.88 Å². The van der Waals surface area contributed by atoms with Crippen molar-refractivity contribution in [3.05, 3.63) is 47.7 Å². The lowest BCUT2D eigenvalue weighted by Crippen LogP contribution is -2.36. The maximum absolute atomic E-state index is 12.9. The Bertz CT molecular complexity index is 1060. The van der Waals surface area contributed by atoms with E-state index in [4.69, 9.17) is 4.74 Å². The third-order valence-corrected chi connectivity index (χ3v) is 5.12. The second-order valence-corrected chi connectivity index (χ2v) is 7.40. The van der Waals surface area contributed by atoms with E-state index in [0.717, 1.165) is 16.7 Å². The molecule has 0 saturated carbocycles. The second kappa shape index (κ2) is 7.54. The number of nitrogens with zero attached hydrogens (tertiary/aromatic N) is 4. The van der Waals surface area contributed by atoms with Crippen molar-refractivity contribution in [3.63, 3.8) is 0 Å². The van der Waals surface area contributed by atoms with Gasteiger partial charge < -0.3 is 19.5 Å². The van der Waals surface area contributed by atoms with E-state index in [-0.39, 0.29) is 6.10 Å². The number of aromatic nitrogens is 3. The van der Waals surface area contributed by atoms with E-state index in [1.165, 1.54) is 0 Å². The first-order valence-corrected chi connectivity index (χ1v) is 9.52. The molecule has 150 valence electrons. The van der Waals surface area contributed by atoms with Gasteiger partial charge in [-0.25, -0.2) is 0 Å². The molecule has 29 heavy (non-hydrogen) atoms. The van der Waals surface area contributed by atoms with Gasteiger partial charge in [0.1, 0.15) is 6.10 Å². The van der Waals surface area contributed by atoms with Crippen LogP contribution >= 0.6 is 0 Å². The number of hydrogen-bond acceptors (Lipinski definition) is 6. The zero-order valence-electron chi connectivity index (χ0n) is 16.7. The van der Waals surface area contributed by atoms with Crippen molar-refractivity contribution in [1.29, 1.82) is 0 Å². The van der Waals surface area contributed by atoms with Gasteiger partial charge in [0.25, 0.3) is 11.7 Å². The fourth-order valence-corrected chi connectivity index (χ4v) is 3.61. The smallest absolute Gasteiger partial charge is 0.295 e. The number of carbonyl (C=O) groups is 2. The van der Waals surface area contributed by atoms with Crippen LogP contribution in [0.25, 0.3) is 10.9 Å². The molecule has 3 heterocycles. The van der Waals surface area contributed by atoms with Gasteiger partial charge in [-0.15, -0.1) is 10.2 Å². The number of aromatic amines is 1. The molecule has 1 aromatic carbocycles. The van der Waals surface area contributed by atoms with E-state index in [1.807, 2.05) is 56.3 Å². The van der Waals surface area contributed by atoms with Crippen LogP contribution in [-0.4, -0.2) is 65.1 Å². The van der Waals surface area contributed by atoms with Gasteiger partial charge >= 0.3 is 0 Å². The summed E-state index contributed by atoms with van der Waals surface area (Å²) in [6.07, 6.45) is 0.429. The van der Waals surface area contributed by atoms with Crippen LogP contribution in [-0.2, 0) is 4.79 Å². The molecule has 0 radical (unpaired) electrons. The van der Waals surface area contributed by atoms with Crippen molar-refractivity contribution in [2.24, 2.45) is 0 Å². The number of H-pyrrole nitrogens is 1. The normalized spacial score (nSPS) is 16.2. The van der Waals surface area contributed by atoms with E-state index in [9.17, 15) is 9.59 Å². The molecule has 8 nitrogen and oxygen atoms in total. The van der Waals surface area contributed by atoms with Crippen molar-refractivity contribution < 1.29 is 14.3 Å². The van der Waals surface area contributed by atoms with E-state index >= 15 is 0 Å². The lowest BCUT2D eigenvalue weighted by molar-refractivity contribution is -0.125. The molecule has 0 aliphatic carbocycles. The summed E-state index contributed by atoms with van der Waals surface area (Å²) in [6.45, 7) is 2.63. The molecule has 1 aliphatic rings. The van der Waals surface area contributed by atoms with Crippen molar-refractivity contribution in [1.82, 2.24) is 20.1 Å². The Morgan fingerprint density at radius 1 is 1.17 bits per heavy atom. The summed E-state index contributed by atoms with van der Waals surface area (Å²) in [5.74, 6) is 0.155. The summed E-state index contributed by atoms with van der Waals surface area (Å²) in [5, 5.41) is 8.92. The largest absolute Gasteiger partial charge is 0.471 e. The number of Topliss-reactive ketones (excluding diaryl/α,β-unsaturated/α-hetero) is 1. The third kappa shape index (κ3) is 3.65. The van der Waals surface area contributed by atoms with Gasteiger partial charge in [-0.1, -0.05) is 18.2 Å². The number of rotatable bonds is 5. The lowest BCUT2D eigenvalue weighted by atomic mass is 10.1. The monoisotopic (exact) mass is 393 g/mol.